The summed E-state index contributed by atoms with van der Waals surface area (Å²) >= 11 is 0. The van der Waals surface area contributed by atoms with Gasteiger partial charge in [0, 0.05) is 5.92 Å². The van der Waals surface area contributed by atoms with Crippen LogP contribution in [0, 0.1) is 5.92 Å². The number of alkyl carbamates (subject to hydrolysis) is 1. The molecule has 0 bridgehead atoms. The third kappa shape index (κ3) is 8.73. The first kappa shape index (κ1) is 24.1. The summed E-state index contributed by atoms with van der Waals surface area (Å²) in [5.74, 6) is -3.98. The Morgan fingerprint density at radius 1 is 1.14 bits per heavy atom. The van der Waals surface area contributed by atoms with Crippen molar-refractivity contribution in [3.05, 3.63) is 35.9 Å². The number of hydrogen-bond acceptors (Lipinski definition) is 7. The SMILES string of the molecule is CC(C(=O)[C@@H](N)CC(=O)OCc1ccccc1)C(NC(=O)OC(C)(C)C)C(=O)O. The molecule has 1 amide bonds. The van der Waals surface area contributed by atoms with Gasteiger partial charge in [0.15, 0.2) is 5.78 Å². The van der Waals surface area contributed by atoms with Crippen LogP contribution in [-0.4, -0.2) is 46.6 Å². The van der Waals surface area contributed by atoms with Crippen LogP contribution >= 0.6 is 0 Å². The molecule has 1 aromatic carbocycles. The monoisotopic (exact) mass is 408 g/mol. The fourth-order valence-corrected chi connectivity index (χ4v) is 2.41. The largest absolute Gasteiger partial charge is 0.480 e. The molecule has 0 saturated carbocycles. The Bertz CT molecular complexity index is 728. The molecule has 0 aliphatic heterocycles. The van der Waals surface area contributed by atoms with Crippen molar-refractivity contribution in [3.63, 3.8) is 0 Å². The number of nitrogens with two attached hydrogens (primary N) is 1. The summed E-state index contributed by atoms with van der Waals surface area (Å²) < 4.78 is 10.1. The lowest BCUT2D eigenvalue weighted by atomic mass is 9.91. The molecular formula is C20H28N2O7. The second kappa shape index (κ2) is 10.6. The van der Waals surface area contributed by atoms with E-state index in [0.29, 0.717) is 0 Å². The van der Waals surface area contributed by atoms with Crippen molar-refractivity contribution in [1.29, 1.82) is 0 Å². The average Bonchev–Trinajstić information content (AvgIpc) is 2.62. The van der Waals surface area contributed by atoms with Crippen LogP contribution in [0.1, 0.15) is 39.7 Å². The van der Waals surface area contributed by atoms with E-state index >= 15 is 0 Å². The number of aliphatic carboxylic acids is 1. The van der Waals surface area contributed by atoms with Crippen LogP contribution in [0.2, 0.25) is 0 Å². The maximum atomic E-state index is 12.5. The van der Waals surface area contributed by atoms with Gasteiger partial charge in [-0.3, -0.25) is 9.59 Å². The van der Waals surface area contributed by atoms with Gasteiger partial charge in [0.05, 0.1) is 12.5 Å². The quantitative estimate of drug-likeness (QED) is 0.523. The topological polar surface area (TPSA) is 145 Å². The second-order valence-corrected chi connectivity index (χ2v) is 7.61. The Kier molecular flexibility index (Phi) is 8.78. The molecule has 0 aliphatic carbocycles. The van der Waals surface area contributed by atoms with Crippen LogP contribution in [0.5, 0.6) is 0 Å². The lowest BCUT2D eigenvalue weighted by molar-refractivity contribution is -0.147. The van der Waals surface area contributed by atoms with Crippen molar-refractivity contribution in [2.45, 2.75) is 58.4 Å². The van der Waals surface area contributed by atoms with E-state index in [2.05, 4.69) is 5.32 Å². The highest BCUT2D eigenvalue weighted by atomic mass is 16.6. The van der Waals surface area contributed by atoms with Crippen molar-refractivity contribution < 1.29 is 33.8 Å². The number of carboxylic acids is 1. The highest BCUT2D eigenvalue weighted by Crippen LogP contribution is 2.13. The molecule has 0 aromatic heterocycles. The summed E-state index contributed by atoms with van der Waals surface area (Å²) in [5, 5.41) is 11.5. The molecular weight excluding hydrogens is 380 g/mol. The number of amides is 1. The fraction of sp³-hybridized carbons (Fsp3) is 0.500. The lowest BCUT2D eigenvalue weighted by Crippen LogP contribution is -2.52. The van der Waals surface area contributed by atoms with Crippen molar-refractivity contribution in [3.8, 4) is 0 Å². The molecule has 0 radical (unpaired) electrons. The first-order valence-electron chi connectivity index (χ1n) is 9.12. The third-order valence-corrected chi connectivity index (χ3v) is 3.88. The Labute approximate surface area is 169 Å². The number of benzene rings is 1. The summed E-state index contributed by atoms with van der Waals surface area (Å²) in [6.45, 7) is 6.21. The fourth-order valence-electron chi connectivity index (χ4n) is 2.41. The van der Waals surface area contributed by atoms with Crippen molar-refractivity contribution in [1.82, 2.24) is 5.32 Å². The normalized spacial score (nSPS) is 14.2. The smallest absolute Gasteiger partial charge is 0.408 e. The molecule has 0 fully saturated rings. The Morgan fingerprint density at radius 2 is 1.72 bits per heavy atom. The van der Waals surface area contributed by atoms with Crippen LogP contribution < -0.4 is 11.1 Å². The first-order valence-corrected chi connectivity index (χ1v) is 9.12. The minimum atomic E-state index is -1.55. The van der Waals surface area contributed by atoms with E-state index in [1.54, 1.807) is 45.0 Å². The number of esters is 1. The van der Waals surface area contributed by atoms with Crippen LogP contribution in [0.3, 0.4) is 0 Å². The van der Waals surface area contributed by atoms with E-state index in [4.69, 9.17) is 15.2 Å². The van der Waals surface area contributed by atoms with Gasteiger partial charge in [-0.25, -0.2) is 9.59 Å². The van der Waals surface area contributed by atoms with Gasteiger partial charge < -0.3 is 25.6 Å². The molecule has 0 heterocycles. The predicted octanol–water partition coefficient (Wildman–Crippen LogP) is 1.63. The molecule has 2 unspecified atom stereocenters. The summed E-state index contributed by atoms with van der Waals surface area (Å²) in [6, 6.07) is 6.15. The van der Waals surface area contributed by atoms with Gasteiger partial charge in [0.1, 0.15) is 18.2 Å². The predicted molar refractivity (Wildman–Crippen MR) is 104 cm³/mol. The molecule has 0 aliphatic rings. The minimum absolute atomic E-state index is 0.0358. The van der Waals surface area contributed by atoms with E-state index < -0.39 is 53.8 Å². The lowest BCUT2D eigenvalue weighted by Gasteiger charge is -2.25. The molecule has 29 heavy (non-hydrogen) atoms. The molecule has 1 rings (SSSR count). The summed E-state index contributed by atoms with van der Waals surface area (Å²) in [4.78, 5) is 47.8. The van der Waals surface area contributed by atoms with Gasteiger partial charge in [0.25, 0.3) is 0 Å². The Hall–Kier alpha value is -2.94. The van der Waals surface area contributed by atoms with E-state index in [-0.39, 0.29) is 6.61 Å². The molecule has 9 nitrogen and oxygen atoms in total. The van der Waals surface area contributed by atoms with Crippen LogP contribution in [-0.2, 0) is 30.5 Å². The standard InChI is InChI=1S/C20H28N2O7/c1-12(16(18(25)26)22-19(27)29-20(2,3)4)17(24)14(21)10-15(23)28-11-13-8-6-5-7-9-13/h5-9,12,14,16H,10-11,21H2,1-4H3,(H,22,27)(H,25,26)/t12?,14-,16?/m0/s1. The van der Waals surface area contributed by atoms with Gasteiger partial charge in [-0.1, -0.05) is 37.3 Å². The number of carboxylic acid groups (broad SMARTS) is 1. The molecule has 1 aromatic rings. The Morgan fingerprint density at radius 3 is 2.24 bits per heavy atom. The number of carbonyl (C=O) groups is 4. The number of ketones is 1. The molecule has 4 N–H and O–H groups in total. The Balaban J connectivity index is 2.64. The molecule has 0 spiro atoms. The summed E-state index contributed by atoms with van der Waals surface area (Å²) in [5.41, 5.74) is 5.72. The summed E-state index contributed by atoms with van der Waals surface area (Å²) in [7, 11) is 0. The van der Waals surface area contributed by atoms with Crippen molar-refractivity contribution >= 4 is 23.8 Å². The van der Waals surface area contributed by atoms with Gasteiger partial charge >= 0.3 is 18.0 Å². The summed E-state index contributed by atoms with van der Waals surface area (Å²) in [6.07, 6.45) is -1.38. The van der Waals surface area contributed by atoms with E-state index in [0.717, 1.165) is 5.56 Å². The highest BCUT2D eigenvalue weighted by Gasteiger charge is 2.35. The minimum Gasteiger partial charge on any atom is -0.480 e. The number of nitrogens with one attached hydrogen (secondary N) is 1. The molecule has 3 atom stereocenters. The van der Waals surface area contributed by atoms with E-state index in [9.17, 15) is 24.3 Å². The van der Waals surface area contributed by atoms with Gasteiger partial charge in [-0.15, -0.1) is 0 Å². The number of hydrogen-bond donors (Lipinski definition) is 3. The first-order chi connectivity index (χ1) is 13.4. The van der Waals surface area contributed by atoms with Crippen molar-refractivity contribution in [2.75, 3.05) is 0 Å². The number of rotatable bonds is 9. The van der Waals surface area contributed by atoms with Gasteiger partial charge in [0.2, 0.25) is 0 Å². The zero-order valence-corrected chi connectivity index (χ0v) is 17.0. The van der Waals surface area contributed by atoms with Crippen LogP contribution in [0.25, 0.3) is 0 Å². The van der Waals surface area contributed by atoms with E-state index in [1.165, 1.54) is 6.92 Å². The molecule has 9 heteroatoms. The maximum Gasteiger partial charge on any atom is 0.408 e. The number of ether oxygens (including phenoxy) is 2. The van der Waals surface area contributed by atoms with Crippen LogP contribution in [0.15, 0.2) is 30.3 Å². The zero-order chi connectivity index (χ0) is 22.2. The third-order valence-electron chi connectivity index (χ3n) is 3.88. The van der Waals surface area contributed by atoms with Gasteiger partial charge in [-0.2, -0.15) is 0 Å². The highest BCUT2D eigenvalue weighted by molar-refractivity contribution is 5.94. The number of Topliss-reactive ketones (excluding diaryl/α,β-unsaturated/α-hetero) is 1. The van der Waals surface area contributed by atoms with Crippen LogP contribution in [0.4, 0.5) is 4.79 Å². The maximum absolute atomic E-state index is 12.5. The van der Waals surface area contributed by atoms with Gasteiger partial charge in [-0.05, 0) is 26.3 Å². The van der Waals surface area contributed by atoms with E-state index in [1.807, 2.05) is 6.07 Å². The average molecular weight is 408 g/mol. The molecule has 160 valence electrons. The number of carbonyl (C=O) groups excluding carboxylic acids is 3. The molecule has 0 saturated heterocycles. The zero-order valence-electron chi connectivity index (χ0n) is 17.0. The van der Waals surface area contributed by atoms with Crippen molar-refractivity contribution in [2.24, 2.45) is 11.7 Å². The second-order valence-electron chi connectivity index (χ2n) is 7.61.